The summed E-state index contributed by atoms with van der Waals surface area (Å²) in [7, 11) is -12.0. The van der Waals surface area contributed by atoms with Gasteiger partial charge in [-0.1, -0.05) is 174 Å². The SMILES string of the molecule is O=P1(NS(=O)(=O)C(F)(F)F)Oc2ccc(cc2-c2cc(-c3ccccc3)cc(-c3ccccc3)c2)-c2cccc3c2-c2c(cccc2-3)-c2ccc(c(-c3cc(-c4ccccc4)cc(-c4ccccc4)c3)c2)O1. The van der Waals surface area contributed by atoms with Crippen molar-refractivity contribution in [2.75, 3.05) is 0 Å². The molecule has 350 valence electrons. The number of hydrogen-bond donors (Lipinski definition) is 1. The molecular formula is C61H39F3NO5PS. The highest BCUT2D eigenvalue weighted by atomic mass is 32.2. The van der Waals surface area contributed by atoms with Crippen LogP contribution in [0.4, 0.5) is 13.2 Å². The van der Waals surface area contributed by atoms with E-state index < -0.39 is 23.3 Å². The highest BCUT2D eigenvalue weighted by molar-refractivity contribution is 7.95. The zero-order valence-electron chi connectivity index (χ0n) is 38.0. The predicted octanol–water partition coefficient (Wildman–Crippen LogP) is 17.0. The molecule has 0 spiro atoms. The van der Waals surface area contributed by atoms with Crippen LogP contribution in [0.5, 0.6) is 11.5 Å². The van der Waals surface area contributed by atoms with Crippen LogP contribution in [0.3, 0.4) is 0 Å². The molecule has 0 aromatic heterocycles. The topological polar surface area (TPSA) is 81.7 Å². The van der Waals surface area contributed by atoms with Gasteiger partial charge in [0.15, 0.2) is 0 Å². The number of nitrogens with one attached hydrogen (secondary N) is 1. The molecule has 1 aliphatic carbocycles. The summed E-state index contributed by atoms with van der Waals surface area (Å²) in [6.07, 6.45) is 0. The van der Waals surface area contributed by atoms with E-state index in [2.05, 4.69) is 12.1 Å². The highest BCUT2D eigenvalue weighted by Crippen LogP contribution is 2.58. The van der Waals surface area contributed by atoms with E-state index in [1.165, 1.54) is 16.6 Å². The summed E-state index contributed by atoms with van der Waals surface area (Å²) in [6.45, 7) is 0. The quantitative estimate of drug-likeness (QED) is 0.153. The predicted molar refractivity (Wildman–Crippen MR) is 281 cm³/mol. The maximum absolute atomic E-state index is 15.6. The summed E-state index contributed by atoms with van der Waals surface area (Å²) in [5.41, 5.74) is 9.91. The summed E-state index contributed by atoms with van der Waals surface area (Å²) in [4.78, 5) is 0. The van der Waals surface area contributed by atoms with E-state index in [1.807, 2.05) is 194 Å². The van der Waals surface area contributed by atoms with Crippen molar-refractivity contribution >= 4 is 17.8 Å². The first kappa shape index (κ1) is 44.9. The molecule has 1 N–H and O–H groups in total. The van der Waals surface area contributed by atoms with E-state index in [0.717, 1.165) is 89.0 Å². The Morgan fingerprint density at radius 1 is 0.333 bits per heavy atom. The molecule has 72 heavy (non-hydrogen) atoms. The molecule has 10 aromatic carbocycles. The largest absolute Gasteiger partial charge is 0.526 e. The Morgan fingerprint density at radius 3 is 0.986 bits per heavy atom. The zero-order valence-corrected chi connectivity index (χ0v) is 39.7. The van der Waals surface area contributed by atoms with E-state index in [4.69, 9.17) is 9.05 Å². The van der Waals surface area contributed by atoms with Crippen LogP contribution in [0.1, 0.15) is 0 Å². The molecule has 4 heterocycles. The second-order valence-corrected chi connectivity index (χ2v) is 21.2. The molecular weight excluding hydrogens is 947 g/mol. The highest BCUT2D eigenvalue weighted by Gasteiger charge is 2.52. The zero-order chi connectivity index (χ0) is 49.2. The van der Waals surface area contributed by atoms with Crippen LogP contribution in [-0.4, -0.2) is 13.9 Å². The summed E-state index contributed by atoms with van der Waals surface area (Å²) in [5, 5.41) is 0. The van der Waals surface area contributed by atoms with E-state index >= 15 is 4.57 Å². The molecule has 6 nitrogen and oxygen atoms in total. The molecule has 0 unspecified atom stereocenters. The third-order valence-electron chi connectivity index (χ3n) is 13.1. The molecule has 4 bridgehead atoms. The van der Waals surface area contributed by atoms with Crippen LogP contribution in [0, 0.1) is 0 Å². The monoisotopic (exact) mass is 985 g/mol. The van der Waals surface area contributed by atoms with Crippen molar-refractivity contribution in [1.82, 2.24) is 4.49 Å². The maximum atomic E-state index is 15.6. The molecule has 0 amide bonds. The van der Waals surface area contributed by atoms with Gasteiger partial charge < -0.3 is 9.05 Å². The smallest absolute Gasteiger partial charge is 0.403 e. The molecule has 11 heteroatoms. The third kappa shape index (κ3) is 8.19. The van der Waals surface area contributed by atoms with Gasteiger partial charge in [0.2, 0.25) is 0 Å². The Balaban J connectivity index is 1.14. The van der Waals surface area contributed by atoms with Crippen LogP contribution in [0.15, 0.2) is 231 Å². The van der Waals surface area contributed by atoms with Gasteiger partial charge in [0, 0.05) is 11.1 Å². The van der Waals surface area contributed by atoms with Gasteiger partial charge in [-0.15, -0.1) is 0 Å². The summed E-state index contributed by atoms with van der Waals surface area (Å²) in [6, 6.07) is 72.9. The minimum atomic E-state index is -6.37. The van der Waals surface area contributed by atoms with E-state index in [9.17, 15) is 21.6 Å². The normalized spacial score (nSPS) is 13.2. The summed E-state index contributed by atoms with van der Waals surface area (Å²) >= 11 is 0. The van der Waals surface area contributed by atoms with Gasteiger partial charge in [0.1, 0.15) is 11.5 Å². The Hall–Kier alpha value is -8.27. The Bertz CT molecular complexity index is 3580. The van der Waals surface area contributed by atoms with Gasteiger partial charge >= 0.3 is 23.3 Å². The van der Waals surface area contributed by atoms with Crippen molar-refractivity contribution in [2.24, 2.45) is 0 Å². The minimum Gasteiger partial charge on any atom is -0.403 e. The first-order valence-electron chi connectivity index (χ1n) is 23.1. The molecule has 15 rings (SSSR count). The Morgan fingerprint density at radius 2 is 0.653 bits per heavy atom. The van der Waals surface area contributed by atoms with Crippen molar-refractivity contribution in [1.29, 1.82) is 0 Å². The van der Waals surface area contributed by atoms with Crippen molar-refractivity contribution in [3.8, 4) is 123 Å². The number of sulfonamides is 1. The van der Waals surface area contributed by atoms with E-state index in [0.29, 0.717) is 22.3 Å². The van der Waals surface area contributed by atoms with Crippen molar-refractivity contribution in [3.63, 3.8) is 0 Å². The number of alkyl halides is 3. The second-order valence-electron chi connectivity index (χ2n) is 17.7. The van der Waals surface area contributed by atoms with E-state index in [1.54, 1.807) is 12.1 Å². The van der Waals surface area contributed by atoms with Gasteiger partial charge in [-0.25, -0.2) is 13.0 Å². The van der Waals surface area contributed by atoms with Gasteiger partial charge in [0.05, 0.1) is 0 Å². The fourth-order valence-corrected chi connectivity index (χ4v) is 12.5. The van der Waals surface area contributed by atoms with Crippen molar-refractivity contribution < 1.29 is 35.2 Å². The number of rotatable bonds is 8. The van der Waals surface area contributed by atoms with Crippen LogP contribution < -0.4 is 13.5 Å². The molecule has 0 saturated heterocycles. The van der Waals surface area contributed by atoms with Crippen LogP contribution in [0.2, 0.25) is 0 Å². The lowest BCUT2D eigenvalue weighted by atomic mass is 9.73. The summed E-state index contributed by atoms with van der Waals surface area (Å²) in [5.74, 6) is -0.393. The molecule has 5 aliphatic rings. The molecule has 0 fully saturated rings. The average Bonchev–Trinajstić information content (AvgIpc) is 3.40. The second kappa shape index (κ2) is 17.5. The average molecular weight is 986 g/mol. The standard InChI is InChI=1S/C61H39F3NO5PS/c62-61(63,64)72(67,68)65-71(66)69-57-29-27-43(37-55(57)49-33-45(39-15-5-1-6-16-39)31-46(34-49)40-17-7-2-8-18-40)51-23-13-25-53-54-26-14-24-52(60(54)59(51)53)44-28-30-58(70-71)56(38-44)50-35-47(41-19-9-3-10-20-41)32-48(36-50)42-21-11-4-12-22-42/h1-38H,(H,65,66). The molecule has 0 radical (unpaired) electrons. The Labute approximate surface area is 414 Å². The maximum Gasteiger partial charge on any atom is 0.526 e. The van der Waals surface area contributed by atoms with Crippen LogP contribution >= 0.6 is 7.75 Å². The molecule has 0 atom stereocenters. The Kier molecular flexibility index (Phi) is 10.9. The first-order chi connectivity index (χ1) is 34.9. The van der Waals surface area contributed by atoms with Gasteiger partial charge in [-0.2, -0.15) is 13.2 Å². The number of hydrogen-bond acceptors (Lipinski definition) is 5. The lowest BCUT2D eigenvalue weighted by molar-refractivity contribution is -0.0443. The van der Waals surface area contributed by atoms with Crippen LogP contribution in [-0.2, 0) is 14.6 Å². The van der Waals surface area contributed by atoms with Crippen LogP contribution in [0.25, 0.3) is 111 Å². The van der Waals surface area contributed by atoms with Crippen molar-refractivity contribution in [3.05, 3.63) is 231 Å². The molecule has 4 aliphatic heterocycles. The third-order valence-corrected chi connectivity index (χ3v) is 16.5. The van der Waals surface area contributed by atoms with Crippen molar-refractivity contribution in [2.45, 2.75) is 5.51 Å². The molecule has 0 saturated carbocycles. The number of fused-ring (bicyclic) bond motifs is 1. The van der Waals surface area contributed by atoms with E-state index in [-0.39, 0.29) is 11.5 Å². The summed E-state index contributed by atoms with van der Waals surface area (Å²) < 4.78 is 99.8. The lowest BCUT2D eigenvalue weighted by Crippen LogP contribution is -2.36. The molecule has 10 aromatic rings. The van der Waals surface area contributed by atoms with Gasteiger partial charge in [-0.3, -0.25) is 0 Å². The first-order valence-corrected chi connectivity index (χ1v) is 26.1. The van der Waals surface area contributed by atoms with Gasteiger partial charge in [-0.05, 0) is 161 Å². The minimum absolute atomic E-state index is 0.197. The fourth-order valence-electron chi connectivity index (χ4n) is 9.79. The van der Waals surface area contributed by atoms with Gasteiger partial charge in [0.25, 0.3) is 0 Å². The number of benzene rings is 10. The lowest BCUT2D eigenvalue weighted by Gasteiger charge is -2.30. The fraction of sp³-hybridized carbons (Fsp3) is 0.0164. The number of halogens is 3.